The van der Waals surface area contributed by atoms with Gasteiger partial charge in [0.15, 0.2) is 17.3 Å². The van der Waals surface area contributed by atoms with E-state index in [1.807, 2.05) is 0 Å². The summed E-state index contributed by atoms with van der Waals surface area (Å²) in [5, 5.41) is 0. The highest BCUT2D eigenvalue weighted by Gasteiger charge is 2.67. The van der Waals surface area contributed by atoms with Gasteiger partial charge in [0.2, 0.25) is 0 Å². The van der Waals surface area contributed by atoms with Crippen molar-refractivity contribution in [3.05, 3.63) is 23.3 Å². The Kier molecular flexibility index (Phi) is 6.28. The van der Waals surface area contributed by atoms with Gasteiger partial charge in [0, 0.05) is 0 Å². The highest BCUT2D eigenvalue weighted by Crippen LogP contribution is 2.56. The molecule has 0 heterocycles. The summed E-state index contributed by atoms with van der Waals surface area (Å²) in [7, 11) is 0. The fourth-order valence-corrected chi connectivity index (χ4v) is 5.41. The van der Waals surface area contributed by atoms with Crippen LogP contribution in [0.2, 0.25) is 0 Å². The molecule has 2 rings (SSSR count). The van der Waals surface area contributed by atoms with E-state index in [9.17, 15) is 14.4 Å². The molecule has 28 heavy (non-hydrogen) atoms. The van der Waals surface area contributed by atoms with Gasteiger partial charge in [-0.3, -0.25) is 14.4 Å². The zero-order chi connectivity index (χ0) is 21.5. The van der Waals surface area contributed by atoms with Crippen molar-refractivity contribution in [1.82, 2.24) is 0 Å². The predicted octanol–water partition coefficient (Wildman–Crippen LogP) is 5.88. The molecule has 0 unspecified atom stereocenters. The van der Waals surface area contributed by atoms with Crippen LogP contribution in [0.15, 0.2) is 23.3 Å². The zero-order valence-electron chi connectivity index (χ0n) is 19.1. The first-order valence-electron chi connectivity index (χ1n) is 10.7. The number of allylic oxidation sites excluding steroid dienone is 4. The van der Waals surface area contributed by atoms with Crippen LogP contribution in [0.25, 0.3) is 0 Å². The molecule has 0 aromatic rings. The Balaban J connectivity index is 2.50. The SMILES string of the molecule is CC(C)=CCCC1=CCC2(C(=O)C(C)(C)C(=O)C(C)(C)C2=O)[C@@H](CC(C)C)C1. The fourth-order valence-electron chi connectivity index (χ4n) is 5.41. The van der Waals surface area contributed by atoms with Crippen molar-refractivity contribution in [2.75, 3.05) is 0 Å². The highest BCUT2D eigenvalue weighted by atomic mass is 16.2. The lowest BCUT2D eigenvalue weighted by atomic mass is 9.46. The van der Waals surface area contributed by atoms with Crippen LogP contribution in [0.1, 0.15) is 87.5 Å². The van der Waals surface area contributed by atoms with Gasteiger partial charge in [-0.1, -0.05) is 37.1 Å². The number of hydrogen-bond acceptors (Lipinski definition) is 3. The second-order valence-corrected chi connectivity index (χ2v) is 10.6. The van der Waals surface area contributed by atoms with Crippen molar-refractivity contribution < 1.29 is 14.4 Å². The number of ketones is 3. The second-order valence-electron chi connectivity index (χ2n) is 10.6. The van der Waals surface area contributed by atoms with Gasteiger partial charge in [0.1, 0.15) is 0 Å². The van der Waals surface area contributed by atoms with Crippen LogP contribution in [0.3, 0.4) is 0 Å². The van der Waals surface area contributed by atoms with E-state index in [0.29, 0.717) is 12.3 Å². The van der Waals surface area contributed by atoms with Crippen molar-refractivity contribution in [1.29, 1.82) is 0 Å². The van der Waals surface area contributed by atoms with Crippen LogP contribution >= 0.6 is 0 Å². The lowest BCUT2D eigenvalue weighted by Gasteiger charge is -2.52. The van der Waals surface area contributed by atoms with Crippen LogP contribution in [0.4, 0.5) is 0 Å². The van der Waals surface area contributed by atoms with Crippen molar-refractivity contribution >= 4 is 17.3 Å². The van der Waals surface area contributed by atoms with Gasteiger partial charge < -0.3 is 0 Å². The van der Waals surface area contributed by atoms with Gasteiger partial charge >= 0.3 is 0 Å². The Morgan fingerprint density at radius 2 is 1.57 bits per heavy atom. The minimum atomic E-state index is -1.11. The number of rotatable bonds is 5. The summed E-state index contributed by atoms with van der Waals surface area (Å²) < 4.78 is 0. The maximum absolute atomic E-state index is 13.7. The molecule has 0 aromatic carbocycles. The number of hydrogen-bond donors (Lipinski definition) is 0. The number of carbonyl (C=O) groups excluding carboxylic acids is 3. The molecule has 0 bridgehead atoms. The quantitative estimate of drug-likeness (QED) is 0.438. The molecule has 1 spiro atoms. The van der Waals surface area contributed by atoms with E-state index in [-0.39, 0.29) is 23.3 Å². The van der Waals surface area contributed by atoms with Gasteiger partial charge in [0.05, 0.1) is 16.2 Å². The molecule has 2 aliphatic rings. The standard InChI is InChI=1S/C25H38O3/c1-16(2)10-9-11-18-12-13-25(19(15-18)14-17(3)4)21(27)23(5,6)20(26)24(7,8)22(25)28/h10,12,17,19H,9,11,13-15H2,1-8H3/t19-/m0/s1. The second kappa shape index (κ2) is 7.72. The van der Waals surface area contributed by atoms with Crippen LogP contribution in [0.5, 0.6) is 0 Å². The first-order chi connectivity index (χ1) is 12.8. The Morgan fingerprint density at radius 3 is 2.04 bits per heavy atom. The maximum atomic E-state index is 13.7. The topological polar surface area (TPSA) is 51.2 Å². The van der Waals surface area contributed by atoms with Crippen LogP contribution < -0.4 is 0 Å². The Hall–Kier alpha value is -1.51. The molecule has 156 valence electrons. The average molecular weight is 387 g/mol. The molecule has 3 heteroatoms. The summed E-state index contributed by atoms with van der Waals surface area (Å²) in [5.74, 6) is -0.171. The summed E-state index contributed by atoms with van der Waals surface area (Å²) >= 11 is 0. The lowest BCUT2D eigenvalue weighted by molar-refractivity contribution is -0.171. The summed E-state index contributed by atoms with van der Waals surface area (Å²) in [5.41, 5.74) is -0.612. The van der Waals surface area contributed by atoms with Crippen LogP contribution in [-0.2, 0) is 14.4 Å². The molecule has 1 atom stereocenters. The zero-order valence-corrected chi connectivity index (χ0v) is 19.1. The van der Waals surface area contributed by atoms with E-state index in [1.165, 1.54) is 11.1 Å². The van der Waals surface area contributed by atoms with Crippen LogP contribution in [-0.4, -0.2) is 17.3 Å². The Bertz CT molecular complexity index is 697. The third-order valence-corrected chi connectivity index (χ3v) is 6.77. The van der Waals surface area contributed by atoms with E-state index in [1.54, 1.807) is 27.7 Å². The first-order valence-corrected chi connectivity index (χ1v) is 10.7. The summed E-state index contributed by atoms with van der Waals surface area (Å²) in [4.78, 5) is 40.3. The van der Waals surface area contributed by atoms with Gasteiger partial charge in [-0.25, -0.2) is 0 Å². The lowest BCUT2D eigenvalue weighted by Crippen LogP contribution is -2.66. The van der Waals surface area contributed by atoms with E-state index < -0.39 is 16.2 Å². The van der Waals surface area contributed by atoms with Crippen molar-refractivity contribution in [2.45, 2.75) is 87.5 Å². The largest absolute Gasteiger partial charge is 0.298 e. The van der Waals surface area contributed by atoms with Crippen LogP contribution in [0, 0.1) is 28.1 Å². The van der Waals surface area contributed by atoms with Gasteiger partial charge in [-0.2, -0.15) is 0 Å². The molecular formula is C25H38O3. The highest BCUT2D eigenvalue weighted by molar-refractivity contribution is 6.30. The number of carbonyl (C=O) groups is 3. The fraction of sp³-hybridized carbons (Fsp3) is 0.720. The maximum Gasteiger partial charge on any atom is 0.160 e. The minimum absolute atomic E-state index is 0.0224. The van der Waals surface area contributed by atoms with Gasteiger partial charge in [-0.05, 0) is 85.5 Å². The summed E-state index contributed by atoms with van der Waals surface area (Å²) in [6.07, 6.45) is 8.41. The van der Waals surface area contributed by atoms with Crippen molar-refractivity contribution in [2.24, 2.45) is 28.1 Å². The summed E-state index contributed by atoms with van der Waals surface area (Å²) in [6, 6.07) is 0. The molecule has 1 saturated carbocycles. The van der Waals surface area contributed by atoms with Crippen molar-refractivity contribution in [3.8, 4) is 0 Å². The minimum Gasteiger partial charge on any atom is -0.298 e. The predicted molar refractivity (Wildman–Crippen MR) is 114 cm³/mol. The van der Waals surface area contributed by atoms with E-state index >= 15 is 0 Å². The Labute approximate surface area is 171 Å². The molecule has 2 aliphatic carbocycles. The Morgan fingerprint density at radius 1 is 1.04 bits per heavy atom. The molecule has 0 saturated heterocycles. The monoisotopic (exact) mass is 386 g/mol. The molecule has 1 fully saturated rings. The van der Waals surface area contributed by atoms with E-state index in [2.05, 4.69) is 39.8 Å². The number of Topliss-reactive ketones (excluding diaryl/α,β-unsaturated/α-hetero) is 3. The van der Waals surface area contributed by atoms with E-state index in [4.69, 9.17) is 0 Å². The molecule has 3 nitrogen and oxygen atoms in total. The van der Waals surface area contributed by atoms with Gasteiger partial charge in [-0.15, -0.1) is 0 Å². The normalized spacial score (nSPS) is 25.8. The third kappa shape index (κ3) is 3.69. The molecule has 0 N–H and O–H groups in total. The smallest absolute Gasteiger partial charge is 0.160 e. The third-order valence-electron chi connectivity index (χ3n) is 6.77. The average Bonchev–Trinajstić information content (AvgIpc) is 2.58. The molecule has 0 amide bonds. The first kappa shape index (κ1) is 22.8. The molecule has 0 aromatic heterocycles. The van der Waals surface area contributed by atoms with Gasteiger partial charge in [0.25, 0.3) is 0 Å². The summed E-state index contributed by atoms with van der Waals surface area (Å²) in [6.45, 7) is 15.4. The van der Waals surface area contributed by atoms with E-state index in [0.717, 1.165) is 25.7 Å². The molecule has 0 radical (unpaired) electrons. The molecule has 0 aliphatic heterocycles. The molecular weight excluding hydrogens is 348 g/mol. The van der Waals surface area contributed by atoms with Crippen molar-refractivity contribution in [3.63, 3.8) is 0 Å².